The number of ether oxygens (including phenoxy) is 1. The highest BCUT2D eigenvalue weighted by molar-refractivity contribution is 6.25. The van der Waals surface area contributed by atoms with Crippen molar-refractivity contribution < 1.29 is 4.74 Å². The van der Waals surface area contributed by atoms with Crippen molar-refractivity contribution in [3.8, 4) is 56.0 Å². The normalized spacial score (nSPS) is 12.1. The molecule has 10 aromatic carbocycles. The van der Waals surface area contributed by atoms with Crippen LogP contribution in [0.3, 0.4) is 0 Å². The first-order valence-corrected chi connectivity index (χ1v) is 17.6. The molecule has 0 unspecified atom stereocenters. The average Bonchev–Trinajstić information content (AvgIpc) is 3.20. The summed E-state index contributed by atoms with van der Waals surface area (Å²) < 4.78 is 6.84. The minimum Gasteiger partial charge on any atom is -0.456 e. The van der Waals surface area contributed by atoms with E-state index in [-0.39, 0.29) is 0 Å². The Balaban J connectivity index is 1.24. The monoisotopic (exact) mass is 646 g/mol. The predicted octanol–water partition coefficient (Wildman–Crippen LogP) is 14.2. The summed E-state index contributed by atoms with van der Waals surface area (Å²) in [5.74, 6) is 1.78. The van der Waals surface area contributed by atoms with Gasteiger partial charge in [-0.15, -0.1) is 0 Å². The van der Waals surface area contributed by atoms with Crippen molar-refractivity contribution in [2.75, 3.05) is 0 Å². The second-order valence-electron chi connectivity index (χ2n) is 13.6. The van der Waals surface area contributed by atoms with Gasteiger partial charge in [-0.3, -0.25) is 0 Å². The van der Waals surface area contributed by atoms with E-state index in [1.54, 1.807) is 0 Å². The molecule has 0 aromatic heterocycles. The van der Waals surface area contributed by atoms with Crippen LogP contribution in [-0.2, 0) is 0 Å². The lowest BCUT2D eigenvalue weighted by Gasteiger charge is -2.26. The molecule has 1 aliphatic rings. The van der Waals surface area contributed by atoms with Crippen molar-refractivity contribution in [1.29, 1.82) is 0 Å². The van der Waals surface area contributed by atoms with Crippen molar-refractivity contribution >= 4 is 53.9 Å². The van der Waals surface area contributed by atoms with E-state index in [0.717, 1.165) is 28.0 Å². The molecule has 10 aromatic rings. The van der Waals surface area contributed by atoms with Crippen molar-refractivity contribution in [3.63, 3.8) is 0 Å². The van der Waals surface area contributed by atoms with Crippen LogP contribution in [0.15, 0.2) is 182 Å². The average molecular weight is 647 g/mol. The Bertz CT molecular complexity index is 3040. The van der Waals surface area contributed by atoms with E-state index in [1.165, 1.54) is 81.9 Å². The minimum absolute atomic E-state index is 0.886. The smallest absolute Gasteiger partial charge is 0.135 e. The van der Waals surface area contributed by atoms with Gasteiger partial charge >= 0.3 is 0 Å². The van der Waals surface area contributed by atoms with Crippen LogP contribution in [0.25, 0.3) is 98.4 Å². The Hall–Kier alpha value is -6.70. The molecular weight excluding hydrogens is 617 g/mol. The molecule has 0 radical (unpaired) electrons. The molecule has 0 atom stereocenters. The summed E-state index contributed by atoms with van der Waals surface area (Å²) in [5.41, 5.74) is 9.56. The van der Waals surface area contributed by atoms with Gasteiger partial charge in [-0.25, -0.2) is 0 Å². The molecule has 1 heterocycles. The summed E-state index contributed by atoms with van der Waals surface area (Å²) in [5, 5.41) is 12.4. The highest BCUT2D eigenvalue weighted by atomic mass is 16.5. The number of benzene rings is 10. The molecule has 0 N–H and O–H groups in total. The molecule has 236 valence electrons. The predicted molar refractivity (Wildman–Crippen MR) is 216 cm³/mol. The fourth-order valence-electron chi connectivity index (χ4n) is 8.46. The topological polar surface area (TPSA) is 9.23 Å². The van der Waals surface area contributed by atoms with Crippen molar-refractivity contribution in [2.45, 2.75) is 0 Å². The molecule has 11 rings (SSSR count). The number of fused-ring (bicyclic) bond motifs is 8. The van der Waals surface area contributed by atoms with Gasteiger partial charge in [-0.05, 0) is 118 Å². The number of rotatable bonds is 3. The van der Waals surface area contributed by atoms with Crippen molar-refractivity contribution in [1.82, 2.24) is 0 Å². The Labute approximate surface area is 295 Å². The summed E-state index contributed by atoms with van der Waals surface area (Å²) in [6.07, 6.45) is 0. The van der Waals surface area contributed by atoms with E-state index in [9.17, 15) is 0 Å². The lowest BCUT2D eigenvalue weighted by Crippen LogP contribution is -2.01. The van der Waals surface area contributed by atoms with Crippen LogP contribution in [0.1, 0.15) is 0 Å². The second kappa shape index (κ2) is 10.9. The Morgan fingerprint density at radius 1 is 0.275 bits per heavy atom. The summed E-state index contributed by atoms with van der Waals surface area (Å²) in [6.45, 7) is 0. The first kappa shape index (κ1) is 28.2. The zero-order valence-electron chi connectivity index (χ0n) is 27.7. The lowest BCUT2D eigenvalue weighted by molar-refractivity contribution is 0.487. The van der Waals surface area contributed by atoms with Gasteiger partial charge in [0.15, 0.2) is 0 Å². The van der Waals surface area contributed by atoms with E-state index in [0.29, 0.717) is 0 Å². The molecule has 51 heavy (non-hydrogen) atoms. The van der Waals surface area contributed by atoms with E-state index in [1.807, 2.05) is 0 Å². The standard InChI is InChI=1S/C50H30O/c1-2-11-31(12-3-1)34-23-26-43-47(30-34)51-46-20-10-19-41-45-29-36(44-28-35-15-6-7-16-38(35)39-17-8-9-18-40(39)44)24-25-42(45)48(50(43)49(41)46)37-22-21-32-13-4-5-14-33(32)27-37/h1-30H. The van der Waals surface area contributed by atoms with E-state index in [4.69, 9.17) is 4.74 Å². The summed E-state index contributed by atoms with van der Waals surface area (Å²) in [7, 11) is 0. The zero-order chi connectivity index (χ0) is 33.5. The molecule has 0 saturated carbocycles. The van der Waals surface area contributed by atoms with Crippen LogP contribution >= 0.6 is 0 Å². The third-order valence-corrected chi connectivity index (χ3v) is 10.8. The number of hydrogen-bond acceptors (Lipinski definition) is 1. The first-order valence-electron chi connectivity index (χ1n) is 17.6. The van der Waals surface area contributed by atoms with Crippen molar-refractivity contribution in [3.05, 3.63) is 182 Å². The molecule has 0 amide bonds. The van der Waals surface area contributed by atoms with Crippen LogP contribution in [0, 0.1) is 0 Å². The summed E-state index contributed by atoms with van der Waals surface area (Å²) >= 11 is 0. The van der Waals surface area contributed by atoms with Crippen LogP contribution in [-0.4, -0.2) is 0 Å². The van der Waals surface area contributed by atoms with Gasteiger partial charge in [-0.2, -0.15) is 0 Å². The third-order valence-electron chi connectivity index (χ3n) is 10.8. The molecule has 0 bridgehead atoms. The highest BCUT2D eigenvalue weighted by Gasteiger charge is 2.27. The molecule has 1 aliphatic heterocycles. The second-order valence-corrected chi connectivity index (χ2v) is 13.6. The highest BCUT2D eigenvalue weighted by Crippen LogP contribution is 2.54. The summed E-state index contributed by atoms with van der Waals surface area (Å²) in [4.78, 5) is 0. The molecule has 0 spiro atoms. The van der Waals surface area contributed by atoms with Crippen LogP contribution in [0.4, 0.5) is 0 Å². The molecular formula is C50H30O. The first-order chi connectivity index (χ1) is 25.3. The largest absolute Gasteiger partial charge is 0.456 e. The molecule has 0 saturated heterocycles. The minimum atomic E-state index is 0.886. The quantitative estimate of drug-likeness (QED) is 0.174. The van der Waals surface area contributed by atoms with Crippen LogP contribution in [0.2, 0.25) is 0 Å². The Morgan fingerprint density at radius 2 is 0.980 bits per heavy atom. The fourth-order valence-corrected chi connectivity index (χ4v) is 8.46. The van der Waals surface area contributed by atoms with E-state index >= 15 is 0 Å². The fraction of sp³-hybridized carbons (Fsp3) is 0. The maximum atomic E-state index is 6.84. The summed E-state index contributed by atoms with van der Waals surface area (Å²) in [6, 6.07) is 66.3. The van der Waals surface area contributed by atoms with Gasteiger partial charge in [0.05, 0.1) is 0 Å². The molecule has 1 nitrogen and oxygen atoms in total. The third kappa shape index (κ3) is 4.28. The van der Waals surface area contributed by atoms with Gasteiger partial charge in [0, 0.05) is 16.5 Å². The van der Waals surface area contributed by atoms with Gasteiger partial charge in [0.2, 0.25) is 0 Å². The van der Waals surface area contributed by atoms with Crippen LogP contribution < -0.4 is 4.74 Å². The van der Waals surface area contributed by atoms with Gasteiger partial charge in [-0.1, -0.05) is 146 Å². The molecule has 1 heteroatoms. The number of hydrogen-bond donors (Lipinski definition) is 0. The van der Waals surface area contributed by atoms with E-state index < -0.39 is 0 Å². The molecule has 0 aliphatic carbocycles. The van der Waals surface area contributed by atoms with E-state index in [2.05, 4.69) is 182 Å². The SMILES string of the molecule is c1ccc(-c2ccc3c(c2)Oc2cccc4c2c-3c(-c2ccc3ccccc3c2)c2ccc(-c3cc5ccccc5c5ccccc35)cc24)cc1. The maximum absolute atomic E-state index is 6.84. The molecule has 0 fully saturated rings. The maximum Gasteiger partial charge on any atom is 0.135 e. The Kier molecular flexibility index (Phi) is 6.02. The van der Waals surface area contributed by atoms with Gasteiger partial charge in [0.25, 0.3) is 0 Å². The van der Waals surface area contributed by atoms with Gasteiger partial charge < -0.3 is 4.74 Å². The lowest BCUT2D eigenvalue weighted by atomic mass is 9.82. The van der Waals surface area contributed by atoms with Crippen molar-refractivity contribution in [2.24, 2.45) is 0 Å². The zero-order valence-corrected chi connectivity index (χ0v) is 27.7. The van der Waals surface area contributed by atoms with Crippen LogP contribution in [0.5, 0.6) is 11.5 Å². The van der Waals surface area contributed by atoms with Gasteiger partial charge in [0.1, 0.15) is 11.5 Å². The Morgan fingerprint density at radius 3 is 1.86 bits per heavy atom.